The van der Waals surface area contributed by atoms with Crippen LogP contribution in [0.1, 0.15) is 18.9 Å². The Bertz CT molecular complexity index is 439. The van der Waals surface area contributed by atoms with Crippen molar-refractivity contribution in [1.82, 2.24) is 9.80 Å². The summed E-state index contributed by atoms with van der Waals surface area (Å²) < 4.78 is 13.7. The van der Waals surface area contributed by atoms with Gasteiger partial charge in [-0.05, 0) is 12.1 Å². The molecule has 19 heavy (non-hydrogen) atoms. The quantitative estimate of drug-likeness (QED) is 0.852. The predicted molar refractivity (Wildman–Crippen MR) is 73.6 cm³/mol. The lowest BCUT2D eigenvalue weighted by molar-refractivity contribution is -0.132. The fourth-order valence-electron chi connectivity index (χ4n) is 2.29. The lowest BCUT2D eigenvalue weighted by Crippen LogP contribution is -2.48. The van der Waals surface area contributed by atoms with Crippen LogP contribution < -0.4 is 0 Å². The molecule has 1 amide bonds. The summed E-state index contributed by atoms with van der Waals surface area (Å²) in [5.41, 5.74) is 0.541. The third-order valence-corrected chi connectivity index (χ3v) is 3.82. The fraction of sp³-hybridized carbons (Fsp3) is 0.500. The molecule has 0 aromatic heterocycles. The second kappa shape index (κ2) is 6.35. The first-order valence-corrected chi connectivity index (χ1v) is 6.92. The van der Waals surface area contributed by atoms with Crippen LogP contribution in [0.15, 0.2) is 18.2 Å². The molecule has 0 unspecified atom stereocenters. The second-order valence-corrected chi connectivity index (χ2v) is 5.12. The molecule has 3 nitrogen and oxygen atoms in total. The van der Waals surface area contributed by atoms with Gasteiger partial charge in [0.15, 0.2) is 0 Å². The molecule has 0 saturated carbocycles. The molecule has 1 aliphatic heterocycles. The van der Waals surface area contributed by atoms with Crippen molar-refractivity contribution in [2.75, 3.05) is 26.2 Å². The Labute approximate surface area is 117 Å². The van der Waals surface area contributed by atoms with E-state index in [-0.39, 0.29) is 11.7 Å². The normalized spacial score (nSPS) is 16.7. The lowest BCUT2D eigenvalue weighted by atomic mass is 10.2. The Morgan fingerprint density at radius 1 is 1.32 bits per heavy atom. The van der Waals surface area contributed by atoms with Crippen LogP contribution in [0.25, 0.3) is 0 Å². The van der Waals surface area contributed by atoms with Gasteiger partial charge in [0.05, 0.1) is 0 Å². The van der Waals surface area contributed by atoms with Crippen LogP contribution in [0.2, 0.25) is 5.02 Å². The summed E-state index contributed by atoms with van der Waals surface area (Å²) >= 11 is 6.02. The molecule has 1 aromatic carbocycles. The van der Waals surface area contributed by atoms with Crippen molar-refractivity contribution in [2.24, 2.45) is 0 Å². The summed E-state index contributed by atoms with van der Waals surface area (Å²) in [6.07, 6.45) is 0.541. The predicted octanol–water partition coefficient (Wildman–Crippen LogP) is 2.53. The van der Waals surface area contributed by atoms with Crippen LogP contribution in [-0.4, -0.2) is 41.9 Å². The molecule has 0 aliphatic carbocycles. The molecule has 0 N–H and O–H groups in total. The lowest BCUT2D eigenvalue weighted by Gasteiger charge is -2.34. The number of hydrogen-bond acceptors (Lipinski definition) is 2. The van der Waals surface area contributed by atoms with Crippen molar-refractivity contribution in [3.8, 4) is 0 Å². The summed E-state index contributed by atoms with van der Waals surface area (Å²) in [6, 6.07) is 4.74. The van der Waals surface area contributed by atoms with E-state index in [4.69, 9.17) is 11.6 Å². The molecule has 104 valence electrons. The highest BCUT2D eigenvalue weighted by Crippen LogP contribution is 2.21. The van der Waals surface area contributed by atoms with E-state index in [9.17, 15) is 9.18 Å². The molecule has 1 saturated heterocycles. The minimum Gasteiger partial charge on any atom is -0.340 e. The van der Waals surface area contributed by atoms with Crippen molar-refractivity contribution in [2.45, 2.75) is 19.9 Å². The zero-order valence-electron chi connectivity index (χ0n) is 11.0. The number of carbonyl (C=O) groups is 1. The zero-order valence-corrected chi connectivity index (χ0v) is 11.8. The van der Waals surface area contributed by atoms with E-state index in [1.807, 2.05) is 11.8 Å². The van der Waals surface area contributed by atoms with E-state index in [0.29, 0.717) is 36.6 Å². The van der Waals surface area contributed by atoms with Crippen molar-refractivity contribution >= 4 is 17.5 Å². The Balaban J connectivity index is 1.94. The van der Waals surface area contributed by atoms with Gasteiger partial charge >= 0.3 is 0 Å². The van der Waals surface area contributed by atoms with Crippen LogP contribution in [0.3, 0.4) is 0 Å². The molecule has 1 fully saturated rings. The minimum atomic E-state index is -0.264. The molecule has 0 bridgehead atoms. The van der Waals surface area contributed by atoms with Gasteiger partial charge in [-0.2, -0.15) is 0 Å². The first kappa shape index (κ1) is 14.3. The summed E-state index contributed by atoms with van der Waals surface area (Å²) in [7, 11) is 0. The number of nitrogens with zero attached hydrogens (tertiary/aromatic N) is 2. The van der Waals surface area contributed by atoms with Gasteiger partial charge in [-0.15, -0.1) is 0 Å². The average Bonchev–Trinajstić information content (AvgIpc) is 2.43. The maximum absolute atomic E-state index is 13.7. The van der Waals surface area contributed by atoms with Gasteiger partial charge in [-0.3, -0.25) is 9.69 Å². The van der Waals surface area contributed by atoms with Crippen molar-refractivity contribution in [3.05, 3.63) is 34.6 Å². The third kappa shape index (κ3) is 3.45. The summed E-state index contributed by atoms with van der Waals surface area (Å²) in [6.45, 7) is 5.30. The van der Waals surface area contributed by atoms with E-state index in [1.54, 1.807) is 12.1 Å². The molecular weight excluding hydrogens is 267 g/mol. The van der Waals surface area contributed by atoms with Gasteiger partial charge in [0.25, 0.3) is 0 Å². The number of amides is 1. The number of hydrogen-bond donors (Lipinski definition) is 0. The number of piperazine rings is 1. The Morgan fingerprint density at radius 2 is 2.00 bits per heavy atom. The topological polar surface area (TPSA) is 23.6 Å². The Kier molecular flexibility index (Phi) is 4.77. The molecule has 0 atom stereocenters. The zero-order chi connectivity index (χ0) is 13.8. The highest BCUT2D eigenvalue weighted by Gasteiger charge is 2.21. The number of rotatable bonds is 3. The number of benzene rings is 1. The molecule has 1 aromatic rings. The largest absolute Gasteiger partial charge is 0.340 e. The highest BCUT2D eigenvalue weighted by atomic mass is 35.5. The van der Waals surface area contributed by atoms with E-state index >= 15 is 0 Å². The first-order chi connectivity index (χ1) is 9.11. The molecule has 0 radical (unpaired) electrons. The third-order valence-electron chi connectivity index (χ3n) is 3.47. The molecule has 2 rings (SSSR count). The van der Waals surface area contributed by atoms with Crippen molar-refractivity contribution < 1.29 is 9.18 Å². The molecule has 5 heteroatoms. The first-order valence-electron chi connectivity index (χ1n) is 6.55. The van der Waals surface area contributed by atoms with Gasteiger partial charge < -0.3 is 4.90 Å². The van der Waals surface area contributed by atoms with Gasteiger partial charge in [0, 0.05) is 49.7 Å². The van der Waals surface area contributed by atoms with Crippen LogP contribution in [-0.2, 0) is 11.3 Å². The van der Waals surface area contributed by atoms with Gasteiger partial charge in [0.1, 0.15) is 5.82 Å². The van der Waals surface area contributed by atoms with Gasteiger partial charge in [0.2, 0.25) is 5.91 Å². The average molecular weight is 285 g/mol. The van der Waals surface area contributed by atoms with E-state index in [1.165, 1.54) is 6.07 Å². The smallest absolute Gasteiger partial charge is 0.222 e. The minimum absolute atomic E-state index is 0.184. The fourth-order valence-corrected chi connectivity index (χ4v) is 2.51. The van der Waals surface area contributed by atoms with Crippen LogP contribution in [0.4, 0.5) is 4.39 Å². The molecule has 1 aliphatic rings. The molecule has 0 spiro atoms. The monoisotopic (exact) mass is 284 g/mol. The maximum atomic E-state index is 13.7. The van der Waals surface area contributed by atoms with Crippen molar-refractivity contribution in [3.63, 3.8) is 0 Å². The Hall–Kier alpha value is -1.13. The van der Waals surface area contributed by atoms with Crippen LogP contribution in [0.5, 0.6) is 0 Å². The highest BCUT2D eigenvalue weighted by molar-refractivity contribution is 6.31. The van der Waals surface area contributed by atoms with E-state index in [2.05, 4.69) is 4.90 Å². The summed E-state index contributed by atoms with van der Waals surface area (Å²) in [4.78, 5) is 15.6. The van der Waals surface area contributed by atoms with Gasteiger partial charge in [-0.1, -0.05) is 24.6 Å². The van der Waals surface area contributed by atoms with E-state index < -0.39 is 0 Å². The molecular formula is C14H18ClFN2O. The number of carbonyl (C=O) groups excluding carboxylic acids is 1. The summed E-state index contributed by atoms with van der Waals surface area (Å²) in [5.74, 6) is -0.0804. The SMILES string of the molecule is CCC(=O)N1CCN(Cc2c(F)cccc2Cl)CC1. The maximum Gasteiger partial charge on any atom is 0.222 e. The van der Waals surface area contributed by atoms with Crippen molar-refractivity contribution in [1.29, 1.82) is 0 Å². The second-order valence-electron chi connectivity index (χ2n) is 4.71. The number of halogens is 2. The van der Waals surface area contributed by atoms with Crippen LogP contribution >= 0.6 is 11.6 Å². The molecule has 1 heterocycles. The van der Waals surface area contributed by atoms with Gasteiger partial charge in [-0.25, -0.2) is 4.39 Å². The Morgan fingerprint density at radius 3 is 2.58 bits per heavy atom. The summed E-state index contributed by atoms with van der Waals surface area (Å²) in [5, 5.41) is 0.465. The van der Waals surface area contributed by atoms with Crippen LogP contribution in [0, 0.1) is 5.82 Å². The standard InChI is InChI=1S/C14H18ClFN2O/c1-2-14(19)18-8-6-17(7-9-18)10-11-12(15)4-3-5-13(11)16/h3-5H,2,6-10H2,1H3. The van der Waals surface area contributed by atoms with E-state index in [0.717, 1.165) is 13.1 Å².